The fourth-order valence-electron chi connectivity index (χ4n) is 3.20. The average molecular weight is 457 g/mol. The van der Waals surface area contributed by atoms with Crippen LogP contribution in [0.5, 0.6) is 0 Å². The molecule has 1 amide bonds. The highest BCUT2D eigenvalue weighted by atomic mass is 35.5. The molecule has 29 heavy (non-hydrogen) atoms. The van der Waals surface area contributed by atoms with Crippen LogP contribution in [0.2, 0.25) is 0 Å². The number of carbonyl (C=O) groups excluding carboxylic acids is 1. The number of rotatable bonds is 4. The molecule has 0 aliphatic carbocycles. The number of aryl methyl sites for hydroxylation is 1. The third-order valence-corrected chi connectivity index (χ3v) is 4.64. The summed E-state index contributed by atoms with van der Waals surface area (Å²) in [6.45, 7) is 2.51. The number of halogens is 6. The van der Waals surface area contributed by atoms with Gasteiger partial charge in [-0.15, -0.1) is 24.8 Å². The number of piperazine rings is 1. The van der Waals surface area contributed by atoms with Gasteiger partial charge >= 0.3 is 6.18 Å². The molecule has 11 heteroatoms. The lowest BCUT2D eigenvalue weighted by Gasteiger charge is -2.35. The Kier molecular flexibility index (Phi) is 9.08. The topological polar surface area (TPSA) is 57.3 Å². The Labute approximate surface area is 178 Å². The Balaban J connectivity index is 0.00000210. The maximum atomic E-state index is 13.4. The second-order valence-electron chi connectivity index (χ2n) is 6.51. The number of alkyl halides is 3. The maximum Gasteiger partial charge on any atom is 0.405 e. The van der Waals surface area contributed by atoms with E-state index in [0.717, 1.165) is 0 Å². The van der Waals surface area contributed by atoms with Crippen molar-refractivity contribution in [2.45, 2.75) is 19.1 Å². The molecule has 0 radical (unpaired) electrons. The van der Waals surface area contributed by atoms with E-state index >= 15 is 0 Å². The third-order valence-electron chi connectivity index (χ3n) is 4.64. The molecule has 2 aromatic rings. The molecule has 2 N–H and O–H groups in total. The van der Waals surface area contributed by atoms with E-state index in [1.54, 1.807) is 6.92 Å². The van der Waals surface area contributed by atoms with Crippen molar-refractivity contribution < 1.29 is 22.4 Å². The highest BCUT2D eigenvalue weighted by Gasteiger charge is 2.43. The number of nitrogens with one attached hydrogen (secondary N) is 2. The van der Waals surface area contributed by atoms with Crippen LogP contribution in [0.3, 0.4) is 0 Å². The standard InChI is InChI=1S/C18H20F4N4O.2ClH/c1-11-14(8-12-2-3-13(19)9-15(12)25-11)17(27)24-10-16(18(20,21)22)26-6-4-23-5-7-26;;/h2-3,8-9,16,23H,4-7,10H2,1H3,(H,24,27);2*1H. The first-order valence-corrected chi connectivity index (χ1v) is 8.62. The Bertz CT molecular complexity index is 844. The van der Waals surface area contributed by atoms with E-state index in [4.69, 9.17) is 0 Å². The van der Waals surface area contributed by atoms with Crippen LogP contribution in [0.15, 0.2) is 24.3 Å². The van der Waals surface area contributed by atoms with Gasteiger partial charge in [-0.1, -0.05) is 0 Å². The molecular formula is C18H22Cl2F4N4O. The lowest BCUT2D eigenvalue weighted by atomic mass is 10.1. The Hall–Kier alpha value is -1.68. The van der Waals surface area contributed by atoms with Gasteiger partial charge in [-0.2, -0.15) is 13.2 Å². The number of pyridine rings is 1. The zero-order chi connectivity index (χ0) is 19.6. The number of nitrogens with zero attached hydrogens (tertiary/aromatic N) is 2. The third kappa shape index (κ3) is 6.15. The molecule has 1 aliphatic heterocycles. The molecule has 1 aliphatic rings. The van der Waals surface area contributed by atoms with Crippen molar-refractivity contribution in [3.63, 3.8) is 0 Å². The van der Waals surface area contributed by atoms with Crippen molar-refractivity contribution in [3.8, 4) is 0 Å². The largest absolute Gasteiger partial charge is 0.405 e. The van der Waals surface area contributed by atoms with E-state index in [0.29, 0.717) is 29.7 Å². The molecule has 1 saturated heterocycles. The minimum absolute atomic E-state index is 0. The Morgan fingerprint density at radius 2 is 1.90 bits per heavy atom. The van der Waals surface area contributed by atoms with Gasteiger partial charge in [-0.05, 0) is 25.1 Å². The summed E-state index contributed by atoms with van der Waals surface area (Å²) in [7, 11) is 0. The van der Waals surface area contributed by atoms with Gasteiger partial charge in [-0.25, -0.2) is 4.39 Å². The first-order chi connectivity index (χ1) is 12.8. The van der Waals surface area contributed by atoms with Gasteiger partial charge in [0.2, 0.25) is 0 Å². The molecule has 3 rings (SSSR count). The number of hydrogen-bond acceptors (Lipinski definition) is 4. The van der Waals surface area contributed by atoms with E-state index in [1.807, 2.05) is 0 Å². The van der Waals surface area contributed by atoms with Crippen LogP contribution in [0.4, 0.5) is 17.6 Å². The lowest BCUT2D eigenvalue weighted by molar-refractivity contribution is -0.183. The van der Waals surface area contributed by atoms with E-state index in [1.165, 1.54) is 29.2 Å². The number of benzene rings is 1. The molecule has 1 unspecified atom stereocenters. The van der Waals surface area contributed by atoms with Crippen molar-refractivity contribution >= 4 is 41.6 Å². The summed E-state index contributed by atoms with van der Waals surface area (Å²) < 4.78 is 53.6. The first kappa shape index (κ1) is 25.4. The summed E-state index contributed by atoms with van der Waals surface area (Å²) in [5, 5.41) is 5.94. The van der Waals surface area contributed by atoms with E-state index in [-0.39, 0.29) is 43.5 Å². The van der Waals surface area contributed by atoms with Crippen molar-refractivity contribution in [1.82, 2.24) is 20.5 Å². The predicted octanol–water partition coefficient (Wildman–Crippen LogP) is 3.09. The molecule has 162 valence electrons. The quantitative estimate of drug-likeness (QED) is 0.694. The maximum absolute atomic E-state index is 13.4. The minimum Gasteiger partial charge on any atom is -0.350 e. The highest BCUT2D eigenvalue weighted by molar-refractivity contribution is 5.98. The Morgan fingerprint density at radius 1 is 1.24 bits per heavy atom. The normalized spacial score (nSPS) is 15.9. The molecule has 0 saturated carbocycles. The van der Waals surface area contributed by atoms with E-state index < -0.39 is 30.5 Å². The van der Waals surface area contributed by atoms with E-state index in [2.05, 4.69) is 15.6 Å². The van der Waals surface area contributed by atoms with E-state index in [9.17, 15) is 22.4 Å². The van der Waals surface area contributed by atoms with Crippen molar-refractivity contribution in [3.05, 3.63) is 41.3 Å². The molecule has 1 aromatic heterocycles. The van der Waals surface area contributed by atoms with Crippen LogP contribution in [0.25, 0.3) is 10.9 Å². The number of hydrogen-bond donors (Lipinski definition) is 2. The molecule has 1 fully saturated rings. The summed E-state index contributed by atoms with van der Waals surface area (Å²) in [6.07, 6.45) is -4.45. The molecule has 1 atom stereocenters. The van der Waals surface area contributed by atoms with Crippen LogP contribution in [0.1, 0.15) is 16.1 Å². The summed E-state index contributed by atoms with van der Waals surface area (Å²) >= 11 is 0. The fraction of sp³-hybridized carbons (Fsp3) is 0.444. The molecule has 1 aromatic carbocycles. The molecule has 0 spiro atoms. The van der Waals surface area contributed by atoms with Gasteiger partial charge in [0.25, 0.3) is 5.91 Å². The smallest absolute Gasteiger partial charge is 0.350 e. The zero-order valence-electron chi connectivity index (χ0n) is 15.6. The SMILES string of the molecule is Cc1nc2cc(F)ccc2cc1C(=O)NCC(N1CCNCC1)C(F)(F)F.Cl.Cl. The monoisotopic (exact) mass is 456 g/mol. The van der Waals surface area contributed by atoms with Gasteiger partial charge in [-0.3, -0.25) is 14.7 Å². The van der Waals surface area contributed by atoms with Gasteiger partial charge < -0.3 is 10.6 Å². The molecule has 0 bridgehead atoms. The summed E-state index contributed by atoms with van der Waals surface area (Å²) in [6, 6.07) is 3.73. The van der Waals surface area contributed by atoms with Gasteiger partial charge in [0.05, 0.1) is 16.8 Å². The summed E-state index contributed by atoms with van der Waals surface area (Å²) in [5.74, 6) is -1.08. The predicted molar refractivity (Wildman–Crippen MR) is 108 cm³/mol. The second-order valence-corrected chi connectivity index (χ2v) is 6.51. The zero-order valence-corrected chi connectivity index (χ0v) is 17.2. The summed E-state index contributed by atoms with van der Waals surface area (Å²) in [5.41, 5.74) is 0.893. The highest BCUT2D eigenvalue weighted by Crippen LogP contribution is 2.25. The van der Waals surface area contributed by atoms with Gasteiger partial charge in [0, 0.05) is 44.2 Å². The van der Waals surface area contributed by atoms with Crippen LogP contribution < -0.4 is 10.6 Å². The number of carbonyl (C=O) groups is 1. The van der Waals surface area contributed by atoms with Crippen LogP contribution >= 0.6 is 24.8 Å². The molecular weight excluding hydrogens is 435 g/mol. The number of amides is 1. The van der Waals surface area contributed by atoms with Gasteiger partial charge in [0.15, 0.2) is 0 Å². The van der Waals surface area contributed by atoms with Gasteiger partial charge in [0.1, 0.15) is 11.9 Å². The summed E-state index contributed by atoms with van der Waals surface area (Å²) in [4.78, 5) is 18.0. The lowest BCUT2D eigenvalue weighted by Crippen LogP contribution is -2.57. The van der Waals surface area contributed by atoms with Crippen molar-refractivity contribution in [2.75, 3.05) is 32.7 Å². The first-order valence-electron chi connectivity index (χ1n) is 8.62. The molecule has 2 heterocycles. The van der Waals surface area contributed by atoms with Crippen LogP contribution in [-0.2, 0) is 0 Å². The second kappa shape index (κ2) is 10.4. The fourth-order valence-corrected chi connectivity index (χ4v) is 3.20. The van der Waals surface area contributed by atoms with Crippen LogP contribution in [-0.4, -0.2) is 60.7 Å². The number of aromatic nitrogens is 1. The van der Waals surface area contributed by atoms with Crippen molar-refractivity contribution in [2.24, 2.45) is 0 Å². The average Bonchev–Trinajstić information content (AvgIpc) is 2.60. The molecule has 5 nitrogen and oxygen atoms in total. The number of fused-ring (bicyclic) bond motifs is 1. The Morgan fingerprint density at radius 3 is 2.52 bits per heavy atom. The van der Waals surface area contributed by atoms with Crippen molar-refractivity contribution in [1.29, 1.82) is 0 Å². The minimum atomic E-state index is -4.45. The van der Waals surface area contributed by atoms with Crippen LogP contribution in [0, 0.1) is 12.7 Å².